The third-order valence-corrected chi connectivity index (χ3v) is 3.97. The van der Waals surface area contributed by atoms with Crippen molar-refractivity contribution in [3.63, 3.8) is 0 Å². The molecule has 2 heterocycles. The van der Waals surface area contributed by atoms with E-state index >= 15 is 0 Å². The molecule has 0 aliphatic rings. The van der Waals surface area contributed by atoms with Crippen LogP contribution in [0.3, 0.4) is 0 Å². The maximum atomic E-state index is 12.4. The largest absolute Gasteiger partial charge is 0.334 e. The highest BCUT2D eigenvalue weighted by atomic mass is 16.6. The highest BCUT2D eigenvalue weighted by molar-refractivity contribution is 5.83. The van der Waals surface area contributed by atoms with E-state index < -0.39 is 4.92 Å². The Morgan fingerprint density at radius 3 is 2.81 bits per heavy atom. The second kappa shape index (κ2) is 5.92. The highest BCUT2D eigenvalue weighted by Crippen LogP contribution is 2.25. The van der Waals surface area contributed by atoms with Gasteiger partial charge in [0, 0.05) is 23.2 Å². The van der Waals surface area contributed by atoms with Gasteiger partial charge in [-0.1, -0.05) is 23.4 Å². The summed E-state index contributed by atoms with van der Waals surface area (Å²) in [4.78, 5) is 29.8. The second-order valence-corrected chi connectivity index (χ2v) is 5.83. The van der Waals surface area contributed by atoms with E-state index in [0.29, 0.717) is 5.56 Å². The molecule has 0 fully saturated rings. The second-order valence-electron chi connectivity index (χ2n) is 5.83. The summed E-state index contributed by atoms with van der Waals surface area (Å²) in [6.45, 7) is 1.94. The van der Waals surface area contributed by atoms with E-state index in [1.807, 2.05) is 25.1 Å². The Hall–Kier alpha value is -3.81. The fourth-order valence-electron chi connectivity index (χ4n) is 2.68. The van der Waals surface area contributed by atoms with Crippen molar-refractivity contribution < 1.29 is 9.45 Å². The number of aromatic nitrogens is 3. The lowest BCUT2D eigenvalue weighted by molar-refractivity contribution is -0.384. The average Bonchev–Trinajstić information content (AvgIpc) is 3.11. The number of aryl methyl sites for hydroxylation is 1. The first-order chi connectivity index (χ1) is 12.5. The number of nitrogens with zero attached hydrogens (tertiary/aromatic N) is 3. The van der Waals surface area contributed by atoms with Gasteiger partial charge in [0.25, 0.3) is 17.1 Å². The molecule has 8 nitrogen and oxygen atoms in total. The SMILES string of the molecule is Cc1ccc2cc(-c3noc(-c4cccc([N+](=O)[O-])c4)n3)c(=O)[nH]c2c1. The van der Waals surface area contributed by atoms with Crippen LogP contribution in [0.4, 0.5) is 5.69 Å². The number of aromatic amines is 1. The molecule has 0 bridgehead atoms. The average molecular weight is 348 g/mol. The number of hydrogen-bond acceptors (Lipinski definition) is 6. The number of nitro benzene ring substituents is 1. The summed E-state index contributed by atoms with van der Waals surface area (Å²) in [6, 6.07) is 13.3. The molecule has 4 rings (SSSR count). The van der Waals surface area contributed by atoms with E-state index in [-0.39, 0.29) is 28.5 Å². The zero-order chi connectivity index (χ0) is 18.3. The van der Waals surface area contributed by atoms with Crippen molar-refractivity contribution in [1.82, 2.24) is 15.1 Å². The zero-order valence-electron chi connectivity index (χ0n) is 13.6. The number of rotatable bonds is 3. The minimum absolute atomic E-state index is 0.0822. The number of hydrogen-bond donors (Lipinski definition) is 1. The molecule has 4 aromatic rings. The van der Waals surface area contributed by atoms with E-state index in [4.69, 9.17) is 4.52 Å². The van der Waals surface area contributed by atoms with Crippen molar-refractivity contribution in [2.24, 2.45) is 0 Å². The molecule has 0 saturated carbocycles. The smallest absolute Gasteiger partial charge is 0.270 e. The van der Waals surface area contributed by atoms with Gasteiger partial charge in [-0.2, -0.15) is 4.98 Å². The summed E-state index contributed by atoms with van der Waals surface area (Å²) in [5.41, 5.74) is 2.01. The molecule has 2 aromatic carbocycles. The molecule has 0 aliphatic carbocycles. The predicted octanol–water partition coefficient (Wildman–Crippen LogP) is 3.46. The summed E-state index contributed by atoms with van der Waals surface area (Å²) in [6.07, 6.45) is 0. The van der Waals surface area contributed by atoms with Gasteiger partial charge >= 0.3 is 0 Å². The highest BCUT2D eigenvalue weighted by Gasteiger charge is 2.16. The topological polar surface area (TPSA) is 115 Å². The first-order valence-electron chi connectivity index (χ1n) is 7.74. The molecule has 0 radical (unpaired) electrons. The van der Waals surface area contributed by atoms with Gasteiger partial charge in [0.05, 0.1) is 10.5 Å². The van der Waals surface area contributed by atoms with E-state index in [9.17, 15) is 14.9 Å². The Morgan fingerprint density at radius 1 is 1.15 bits per heavy atom. The van der Waals surface area contributed by atoms with Crippen LogP contribution in [0.5, 0.6) is 0 Å². The molecule has 128 valence electrons. The van der Waals surface area contributed by atoms with E-state index in [1.54, 1.807) is 12.1 Å². The standard InChI is InChI=1S/C18H12N4O4/c1-10-5-6-11-9-14(17(23)19-15(11)7-10)16-20-18(26-21-16)12-3-2-4-13(8-12)22(24)25/h2-9H,1H3,(H,19,23). The first kappa shape index (κ1) is 15.7. The van der Waals surface area contributed by atoms with Crippen LogP contribution in [0, 0.1) is 17.0 Å². The Balaban J connectivity index is 1.79. The molecule has 1 N–H and O–H groups in total. The van der Waals surface area contributed by atoms with Gasteiger partial charge in [0.2, 0.25) is 5.82 Å². The van der Waals surface area contributed by atoms with Crippen molar-refractivity contribution in [2.75, 3.05) is 0 Å². The van der Waals surface area contributed by atoms with Crippen molar-refractivity contribution in [1.29, 1.82) is 0 Å². The summed E-state index contributed by atoms with van der Waals surface area (Å²) < 4.78 is 5.19. The molecule has 0 atom stereocenters. The number of nitrogens with one attached hydrogen (secondary N) is 1. The maximum Gasteiger partial charge on any atom is 0.270 e. The number of pyridine rings is 1. The van der Waals surface area contributed by atoms with Crippen molar-refractivity contribution >= 4 is 16.6 Å². The van der Waals surface area contributed by atoms with Gasteiger partial charge in [-0.15, -0.1) is 0 Å². The molecule has 0 spiro atoms. The first-order valence-corrected chi connectivity index (χ1v) is 7.74. The third-order valence-electron chi connectivity index (χ3n) is 3.97. The van der Waals surface area contributed by atoms with Crippen LogP contribution in [-0.4, -0.2) is 20.0 Å². The summed E-state index contributed by atoms with van der Waals surface area (Å²) >= 11 is 0. The maximum absolute atomic E-state index is 12.4. The molecule has 2 aromatic heterocycles. The van der Waals surface area contributed by atoms with Gasteiger partial charge in [-0.3, -0.25) is 14.9 Å². The van der Waals surface area contributed by atoms with Crippen molar-refractivity contribution in [3.05, 3.63) is 74.6 Å². The van der Waals surface area contributed by atoms with Crippen LogP contribution in [0.15, 0.2) is 57.8 Å². The van der Waals surface area contributed by atoms with E-state index in [1.165, 1.54) is 18.2 Å². The zero-order valence-corrected chi connectivity index (χ0v) is 13.6. The lowest BCUT2D eigenvalue weighted by atomic mass is 10.1. The van der Waals surface area contributed by atoms with Crippen LogP contribution in [0.1, 0.15) is 5.56 Å². The quantitative estimate of drug-likeness (QED) is 0.448. The van der Waals surface area contributed by atoms with Gasteiger partial charge in [0.1, 0.15) is 0 Å². The lowest BCUT2D eigenvalue weighted by Gasteiger charge is -2.01. The third kappa shape index (κ3) is 2.73. The molecule has 8 heteroatoms. The fourth-order valence-corrected chi connectivity index (χ4v) is 2.68. The summed E-state index contributed by atoms with van der Waals surface area (Å²) in [5, 5.41) is 15.6. The fraction of sp³-hybridized carbons (Fsp3) is 0.0556. The number of fused-ring (bicyclic) bond motifs is 1. The Kier molecular flexibility index (Phi) is 3.58. The van der Waals surface area contributed by atoms with Crippen LogP contribution < -0.4 is 5.56 Å². The number of non-ortho nitro benzene ring substituents is 1. The molecule has 0 amide bonds. The molecule has 0 aliphatic heterocycles. The Bertz CT molecular complexity index is 1210. The normalized spacial score (nSPS) is 11.0. The van der Waals surface area contributed by atoms with Crippen molar-refractivity contribution in [2.45, 2.75) is 6.92 Å². The van der Waals surface area contributed by atoms with E-state index in [0.717, 1.165) is 16.5 Å². The van der Waals surface area contributed by atoms with Crippen LogP contribution in [-0.2, 0) is 0 Å². The Labute approximate surface area is 146 Å². The van der Waals surface area contributed by atoms with Crippen LogP contribution in [0.2, 0.25) is 0 Å². The summed E-state index contributed by atoms with van der Waals surface area (Å²) in [7, 11) is 0. The summed E-state index contributed by atoms with van der Waals surface area (Å²) in [5.74, 6) is 0.224. The van der Waals surface area contributed by atoms with Crippen LogP contribution in [0.25, 0.3) is 33.7 Å². The van der Waals surface area contributed by atoms with Gasteiger partial charge in [-0.05, 0) is 36.1 Å². The number of nitro groups is 1. The number of H-pyrrole nitrogens is 1. The molecule has 0 unspecified atom stereocenters. The monoisotopic (exact) mass is 348 g/mol. The molecule has 26 heavy (non-hydrogen) atoms. The van der Waals surface area contributed by atoms with Crippen molar-refractivity contribution in [3.8, 4) is 22.8 Å². The van der Waals surface area contributed by atoms with Crippen LogP contribution >= 0.6 is 0 Å². The molecule has 0 saturated heterocycles. The lowest BCUT2D eigenvalue weighted by Crippen LogP contribution is -2.09. The minimum Gasteiger partial charge on any atom is -0.334 e. The molecular formula is C18H12N4O4. The van der Waals surface area contributed by atoms with E-state index in [2.05, 4.69) is 15.1 Å². The predicted molar refractivity (Wildman–Crippen MR) is 94.7 cm³/mol. The van der Waals surface area contributed by atoms with Gasteiger partial charge in [0.15, 0.2) is 0 Å². The van der Waals surface area contributed by atoms with Gasteiger partial charge < -0.3 is 9.51 Å². The molecular weight excluding hydrogens is 336 g/mol. The number of benzene rings is 2. The Morgan fingerprint density at radius 2 is 2.00 bits per heavy atom. The van der Waals surface area contributed by atoms with Gasteiger partial charge in [-0.25, -0.2) is 0 Å². The minimum atomic E-state index is -0.503.